The number of aromatic carboxylic acids is 1. The van der Waals surface area contributed by atoms with Gasteiger partial charge in [-0.2, -0.15) is 0 Å². The first-order valence-corrected chi connectivity index (χ1v) is 6.97. The summed E-state index contributed by atoms with van der Waals surface area (Å²) in [5, 5.41) is 8.78. The number of nitrogens with two attached hydrogens (primary N) is 1. The van der Waals surface area contributed by atoms with Crippen LogP contribution in [-0.4, -0.2) is 22.8 Å². The van der Waals surface area contributed by atoms with Crippen LogP contribution in [0, 0.1) is 6.92 Å². The molecule has 0 aliphatic carbocycles. The molecule has 0 aliphatic rings. The lowest BCUT2D eigenvalue weighted by Crippen LogP contribution is -2.12. The van der Waals surface area contributed by atoms with E-state index in [0.717, 1.165) is 11.3 Å². The Bertz CT molecular complexity index is 709. The summed E-state index contributed by atoms with van der Waals surface area (Å²) in [7, 11) is 0. The van der Waals surface area contributed by atoms with E-state index in [1.54, 1.807) is 24.3 Å². The normalized spacial score (nSPS) is 11.5. The number of alkyl halides is 1. The molecule has 7 heteroatoms. The maximum atomic E-state index is 10.7. The Balaban J connectivity index is 2.04. The zero-order valence-corrected chi connectivity index (χ0v) is 12.6. The van der Waals surface area contributed by atoms with Crippen LogP contribution in [-0.2, 0) is 6.61 Å². The van der Waals surface area contributed by atoms with Gasteiger partial charge in [0.25, 0.3) is 0 Å². The summed E-state index contributed by atoms with van der Waals surface area (Å²) in [6.45, 7) is 2.02. The molecule has 1 heterocycles. The van der Waals surface area contributed by atoms with Crippen molar-refractivity contribution in [3.05, 3.63) is 47.4 Å². The molecule has 22 heavy (non-hydrogen) atoms. The van der Waals surface area contributed by atoms with E-state index in [2.05, 4.69) is 4.99 Å². The molecule has 1 aromatic carbocycles. The minimum absolute atomic E-state index is 0.115. The predicted octanol–water partition coefficient (Wildman–Crippen LogP) is 3.09. The lowest BCUT2D eigenvalue weighted by molar-refractivity contribution is 0.0658. The first-order chi connectivity index (χ1) is 10.5. The molecular formula is C15H15ClN2O4. The molecule has 0 amide bonds. The number of carboxylic acids is 1. The smallest absolute Gasteiger partial charge is 0.371 e. The number of rotatable bonds is 6. The highest BCUT2D eigenvalue weighted by molar-refractivity contribution is 6.28. The van der Waals surface area contributed by atoms with Crippen LogP contribution < -0.4 is 10.5 Å². The van der Waals surface area contributed by atoms with E-state index < -0.39 is 5.97 Å². The number of furan rings is 1. The Hall–Kier alpha value is -2.47. The summed E-state index contributed by atoms with van der Waals surface area (Å²) < 4.78 is 10.7. The van der Waals surface area contributed by atoms with Crippen molar-refractivity contribution in [3.8, 4) is 5.75 Å². The molecule has 6 nitrogen and oxygen atoms in total. The van der Waals surface area contributed by atoms with Crippen molar-refractivity contribution in [3.63, 3.8) is 0 Å². The number of nitrogens with zero attached hydrogens (tertiary/aromatic N) is 1. The summed E-state index contributed by atoms with van der Waals surface area (Å²) in [6, 6.07) is 8.28. The third-order valence-corrected chi connectivity index (χ3v) is 3.10. The Kier molecular flexibility index (Phi) is 5.06. The third kappa shape index (κ3) is 4.02. The van der Waals surface area contributed by atoms with Crippen molar-refractivity contribution < 1.29 is 19.1 Å². The van der Waals surface area contributed by atoms with Crippen molar-refractivity contribution in [2.45, 2.75) is 13.5 Å². The standard InChI is InChI=1S/C15H15ClN2O4/c1-9-6-10(2-4-12(9)18-14(17)7-16)21-8-11-3-5-13(22-11)15(19)20/h2-6H,7-8H2,1H3,(H2,17,18)(H,19,20). The van der Waals surface area contributed by atoms with Gasteiger partial charge in [-0.15, -0.1) is 11.6 Å². The zero-order chi connectivity index (χ0) is 16.1. The number of carbonyl (C=O) groups is 1. The molecule has 0 unspecified atom stereocenters. The fourth-order valence-corrected chi connectivity index (χ4v) is 1.81. The molecule has 116 valence electrons. The van der Waals surface area contributed by atoms with Gasteiger partial charge in [0, 0.05) is 0 Å². The van der Waals surface area contributed by atoms with Crippen LogP contribution in [0.5, 0.6) is 5.75 Å². The Morgan fingerprint density at radius 2 is 2.18 bits per heavy atom. The van der Waals surface area contributed by atoms with Gasteiger partial charge in [0.15, 0.2) is 0 Å². The molecule has 0 saturated carbocycles. The molecule has 0 saturated heterocycles. The maximum Gasteiger partial charge on any atom is 0.371 e. The Labute approximate surface area is 132 Å². The third-order valence-electron chi connectivity index (χ3n) is 2.82. The molecule has 0 radical (unpaired) electrons. The molecule has 3 N–H and O–H groups in total. The number of benzene rings is 1. The van der Waals surface area contributed by atoms with Crippen molar-refractivity contribution >= 4 is 29.1 Å². The van der Waals surface area contributed by atoms with Crippen LogP contribution in [0.4, 0.5) is 5.69 Å². The first-order valence-electron chi connectivity index (χ1n) is 6.44. The van der Waals surface area contributed by atoms with E-state index in [4.69, 9.17) is 31.6 Å². The van der Waals surface area contributed by atoms with Crippen LogP contribution in [0.3, 0.4) is 0 Å². The lowest BCUT2D eigenvalue weighted by atomic mass is 10.2. The fraction of sp³-hybridized carbons (Fsp3) is 0.200. The fourth-order valence-electron chi connectivity index (χ4n) is 1.75. The minimum Gasteiger partial charge on any atom is -0.486 e. The second kappa shape index (κ2) is 7.00. The van der Waals surface area contributed by atoms with Gasteiger partial charge in [-0.05, 0) is 42.8 Å². The number of aliphatic imine (C=N–C) groups is 1. The summed E-state index contributed by atoms with van der Waals surface area (Å²) in [6.07, 6.45) is 0. The van der Waals surface area contributed by atoms with E-state index >= 15 is 0 Å². The van der Waals surface area contributed by atoms with Gasteiger partial charge in [0.05, 0.1) is 11.6 Å². The van der Waals surface area contributed by atoms with E-state index in [1.165, 1.54) is 6.07 Å². The second-order valence-electron chi connectivity index (χ2n) is 4.54. The van der Waals surface area contributed by atoms with Crippen LogP contribution in [0.25, 0.3) is 0 Å². The molecule has 2 rings (SSSR count). The Morgan fingerprint density at radius 1 is 1.41 bits per heavy atom. The molecule has 0 spiro atoms. The molecule has 0 fully saturated rings. The second-order valence-corrected chi connectivity index (χ2v) is 4.81. The van der Waals surface area contributed by atoms with Crippen LogP contribution >= 0.6 is 11.6 Å². The monoisotopic (exact) mass is 322 g/mol. The van der Waals surface area contributed by atoms with E-state index in [0.29, 0.717) is 17.3 Å². The predicted molar refractivity (Wildman–Crippen MR) is 83.2 cm³/mol. The van der Waals surface area contributed by atoms with E-state index in [1.807, 2.05) is 6.92 Å². The van der Waals surface area contributed by atoms with Crippen LogP contribution in [0.2, 0.25) is 0 Å². The van der Waals surface area contributed by atoms with Gasteiger partial charge in [-0.3, -0.25) is 0 Å². The maximum absolute atomic E-state index is 10.7. The van der Waals surface area contributed by atoms with Crippen LogP contribution in [0.1, 0.15) is 21.9 Å². The number of carboxylic acid groups (broad SMARTS) is 1. The summed E-state index contributed by atoms with van der Waals surface area (Å²) in [4.78, 5) is 14.9. The number of aryl methyl sites for hydroxylation is 1. The topological polar surface area (TPSA) is 98.0 Å². The first kappa shape index (κ1) is 15.9. The minimum atomic E-state index is -1.11. The average Bonchev–Trinajstić information content (AvgIpc) is 2.96. The van der Waals surface area contributed by atoms with Crippen molar-refractivity contribution in [1.29, 1.82) is 0 Å². The molecular weight excluding hydrogens is 308 g/mol. The molecule has 0 aliphatic heterocycles. The van der Waals surface area contributed by atoms with Gasteiger partial charge in [-0.1, -0.05) is 0 Å². The van der Waals surface area contributed by atoms with E-state index in [9.17, 15) is 4.79 Å². The summed E-state index contributed by atoms with van der Waals surface area (Å²) in [5.74, 6) is 0.340. The number of halogens is 1. The van der Waals surface area contributed by atoms with Crippen molar-refractivity contribution in [2.24, 2.45) is 10.7 Å². The highest BCUT2D eigenvalue weighted by atomic mass is 35.5. The van der Waals surface area contributed by atoms with Gasteiger partial charge < -0.3 is 20.0 Å². The largest absolute Gasteiger partial charge is 0.486 e. The summed E-state index contributed by atoms with van der Waals surface area (Å²) >= 11 is 5.59. The molecule has 0 bridgehead atoms. The van der Waals surface area contributed by atoms with Crippen molar-refractivity contribution in [2.75, 3.05) is 5.88 Å². The molecule has 1 aromatic heterocycles. The van der Waals surface area contributed by atoms with Gasteiger partial charge in [0.2, 0.25) is 5.76 Å². The number of ether oxygens (including phenoxy) is 1. The van der Waals surface area contributed by atoms with Gasteiger partial charge >= 0.3 is 5.97 Å². The zero-order valence-electron chi connectivity index (χ0n) is 11.9. The number of amidine groups is 1. The highest BCUT2D eigenvalue weighted by Crippen LogP contribution is 2.24. The SMILES string of the molecule is Cc1cc(OCc2ccc(C(=O)O)o2)ccc1N=C(N)CCl. The highest BCUT2D eigenvalue weighted by Gasteiger charge is 2.09. The average molecular weight is 323 g/mol. The van der Waals surface area contributed by atoms with Gasteiger partial charge in [-0.25, -0.2) is 9.79 Å². The van der Waals surface area contributed by atoms with Gasteiger partial charge in [0.1, 0.15) is 24.0 Å². The number of hydrogen-bond acceptors (Lipinski definition) is 4. The number of hydrogen-bond donors (Lipinski definition) is 2. The molecule has 2 aromatic rings. The van der Waals surface area contributed by atoms with E-state index in [-0.39, 0.29) is 18.2 Å². The summed E-state index contributed by atoms with van der Waals surface area (Å²) in [5.41, 5.74) is 7.20. The quantitative estimate of drug-likeness (QED) is 0.484. The lowest BCUT2D eigenvalue weighted by Gasteiger charge is -2.07. The van der Waals surface area contributed by atoms with Crippen LogP contribution in [0.15, 0.2) is 39.7 Å². The molecule has 0 atom stereocenters. The Morgan fingerprint density at radius 3 is 2.77 bits per heavy atom. The van der Waals surface area contributed by atoms with Crippen molar-refractivity contribution in [1.82, 2.24) is 0 Å².